The molecule has 1 N–H and O–H groups in total. The smallest absolute Gasteiger partial charge is 0.132 e. The lowest BCUT2D eigenvalue weighted by molar-refractivity contribution is 1.19. The van der Waals surface area contributed by atoms with Gasteiger partial charge in [0.2, 0.25) is 0 Å². The molecule has 4 heteroatoms. The molecular formula is C15H12ClN3. The van der Waals surface area contributed by atoms with E-state index in [9.17, 15) is 0 Å². The minimum Gasteiger partial charge on any atom is -0.325 e. The van der Waals surface area contributed by atoms with Crippen molar-refractivity contribution in [1.82, 2.24) is 9.97 Å². The number of benzene rings is 1. The molecule has 0 aliphatic rings. The van der Waals surface area contributed by atoms with Gasteiger partial charge in [-0.15, -0.1) is 0 Å². The lowest BCUT2D eigenvalue weighted by Crippen LogP contribution is -1.96. The van der Waals surface area contributed by atoms with Crippen LogP contribution in [0, 0.1) is 6.92 Å². The summed E-state index contributed by atoms with van der Waals surface area (Å²) in [7, 11) is 0. The fourth-order valence-electron chi connectivity index (χ4n) is 1.91. The fraction of sp³-hybridized carbons (Fsp3) is 0.0667. The summed E-state index contributed by atoms with van der Waals surface area (Å²) in [6.07, 6.45) is 0. The van der Waals surface area contributed by atoms with E-state index >= 15 is 0 Å². The summed E-state index contributed by atoms with van der Waals surface area (Å²) in [4.78, 5) is 8.92. The van der Waals surface area contributed by atoms with Crippen molar-refractivity contribution in [2.45, 2.75) is 6.92 Å². The van der Waals surface area contributed by atoms with Crippen LogP contribution in [-0.4, -0.2) is 9.97 Å². The number of anilines is 2. The van der Waals surface area contributed by atoms with Crippen molar-refractivity contribution < 1.29 is 0 Å². The topological polar surface area (TPSA) is 37.8 Å². The number of rotatable bonds is 2. The van der Waals surface area contributed by atoms with Gasteiger partial charge in [-0.2, -0.15) is 0 Å². The van der Waals surface area contributed by atoms with Crippen molar-refractivity contribution in [1.29, 1.82) is 0 Å². The molecule has 0 unspecified atom stereocenters. The first-order valence-corrected chi connectivity index (χ1v) is 6.35. The Morgan fingerprint density at radius 3 is 2.63 bits per heavy atom. The van der Waals surface area contributed by atoms with Crippen molar-refractivity contribution in [2.75, 3.05) is 5.32 Å². The highest BCUT2D eigenvalue weighted by molar-refractivity contribution is 6.31. The van der Waals surface area contributed by atoms with E-state index in [0.29, 0.717) is 0 Å². The molecule has 3 aromatic rings. The van der Waals surface area contributed by atoms with Crippen LogP contribution in [0.4, 0.5) is 11.6 Å². The third-order valence-corrected chi connectivity index (χ3v) is 3.03. The van der Waals surface area contributed by atoms with Crippen molar-refractivity contribution in [3.8, 4) is 0 Å². The summed E-state index contributed by atoms with van der Waals surface area (Å²) >= 11 is 5.95. The normalized spacial score (nSPS) is 10.6. The zero-order chi connectivity index (χ0) is 13.2. The second-order valence-corrected chi connectivity index (χ2v) is 4.76. The summed E-state index contributed by atoms with van der Waals surface area (Å²) in [6, 6.07) is 15.4. The van der Waals surface area contributed by atoms with E-state index in [2.05, 4.69) is 15.3 Å². The van der Waals surface area contributed by atoms with Gasteiger partial charge >= 0.3 is 0 Å². The predicted molar refractivity (Wildman–Crippen MR) is 79.0 cm³/mol. The van der Waals surface area contributed by atoms with Gasteiger partial charge in [0.1, 0.15) is 11.6 Å². The molecule has 1 aromatic carbocycles. The Morgan fingerprint density at radius 2 is 1.79 bits per heavy atom. The second-order valence-electron chi connectivity index (χ2n) is 4.32. The fourth-order valence-corrected chi connectivity index (χ4v) is 2.09. The van der Waals surface area contributed by atoms with E-state index in [1.165, 1.54) is 0 Å². The quantitative estimate of drug-likeness (QED) is 0.752. The molecule has 2 aromatic heterocycles. The number of aryl methyl sites for hydroxylation is 1. The molecule has 0 amide bonds. The van der Waals surface area contributed by atoms with Crippen molar-refractivity contribution in [3.05, 3.63) is 59.2 Å². The van der Waals surface area contributed by atoms with Gasteiger partial charge in [-0.25, -0.2) is 9.97 Å². The molecule has 2 heterocycles. The number of halogens is 1. The Balaban J connectivity index is 1.95. The summed E-state index contributed by atoms with van der Waals surface area (Å²) in [5.41, 5.74) is 1.87. The molecule has 0 aliphatic carbocycles. The molecule has 19 heavy (non-hydrogen) atoms. The molecule has 0 atom stereocenters. The van der Waals surface area contributed by atoms with Crippen LogP contribution in [0.1, 0.15) is 5.69 Å². The SMILES string of the molecule is Cc1cccc(Nc2ccc3cc(Cl)ccc3n2)n1. The van der Waals surface area contributed by atoms with Crippen molar-refractivity contribution >= 4 is 34.1 Å². The molecule has 0 radical (unpaired) electrons. The van der Waals surface area contributed by atoms with Crippen LogP contribution in [0.3, 0.4) is 0 Å². The minimum absolute atomic E-state index is 0.718. The zero-order valence-electron chi connectivity index (χ0n) is 10.4. The molecule has 0 saturated heterocycles. The van der Waals surface area contributed by atoms with Crippen LogP contribution >= 0.6 is 11.6 Å². The number of pyridine rings is 2. The molecule has 94 valence electrons. The molecular weight excluding hydrogens is 258 g/mol. The summed E-state index contributed by atoms with van der Waals surface area (Å²) in [5.74, 6) is 1.56. The van der Waals surface area contributed by atoms with Crippen LogP contribution in [0.25, 0.3) is 10.9 Å². The van der Waals surface area contributed by atoms with E-state index in [0.717, 1.165) is 33.3 Å². The van der Waals surface area contributed by atoms with Gasteiger partial charge in [-0.05, 0) is 49.4 Å². The summed E-state index contributed by atoms with van der Waals surface area (Å²) < 4.78 is 0. The molecule has 0 fully saturated rings. The summed E-state index contributed by atoms with van der Waals surface area (Å²) in [5, 5.41) is 4.94. The Hall–Kier alpha value is -2.13. The maximum absolute atomic E-state index is 5.95. The van der Waals surface area contributed by atoms with E-state index in [-0.39, 0.29) is 0 Å². The van der Waals surface area contributed by atoms with Gasteiger partial charge in [-0.1, -0.05) is 17.7 Å². The van der Waals surface area contributed by atoms with Gasteiger partial charge in [0, 0.05) is 16.1 Å². The monoisotopic (exact) mass is 269 g/mol. The van der Waals surface area contributed by atoms with E-state index in [4.69, 9.17) is 11.6 Å². The van der Waals surface area contributed by atoms with Gasteiger partial charge in [0.05, 0.1) is 5.52 Å². The highest BCUT2D eigenvalue weighted by Crippen LogP contribution is 2.21. The van der Waals surface area contributed by atoms with Crippen molar-refractivity contribution in [2.24, 2.45) is 0 Å². The van der Waals surface area contributed by atoms with Crippen LogP contribution in [0.5, 0.6) is 0 Å². The molecule has 0 saturated carbocycles. The number of aromatic nitrogens is 2. The average molecular weight is 270 g/mol. The average Bonchev–Trinajstić information content (AvgIpc) is 2.39. The van der Waals surface area contributed by atoms with Crippen molar-refractivity contribution in [3.63, 3.8) is 0 Å². The maximum atomic E-state index is 5.95. The number of hydrogen-bond acceptors (Lipinski definition) is 3. The number of nitrogens with zero attached hydrogens (tertiary/aromatic N) is 2. The minimum atomic E-state index is 0.718. The molecule has 0 bridgehead atoms. The van der Waals surface area contributed by atoms with Crippen LogP contribution in [-0.2, 0) is 0 Å². The number of nitrogens with one attached hydrogen (secondary N) is 1. The second kappa shape index (κ2) is 4.86. The highest BCUT2D eigenvalue weighted by atomic mass is 35.5. The van der Waals surface area contributed by atoms with E-state index in [1.807, 2.05) is 55.5 Å². The van der Waals surface area contributed by atoms with Crippen LogP contribution in [0.15, 0.2) is 48.5 Å². The predicted octanol–water partition coefficient (Wildman–Crippen LogP) is 4.34. The van der Waals surface area contributed by atoms with E-state index < -0.39 is 0 Å². The van der Waals surface area contributed by atoms with Gasteiger partial charge in [0.15, 0.2) is 0 Å². The highest BCUT2D eigenvalue weighted by Gasteiger charge is 2.01. The maximum Gasteiger partial charge on any atom is 0.132 e. The van der Waals surface area contributed by atoms with Gasteiger partial charge in [-0.3, -0.25) is 0 Å². The Bertz CT molecular complexity index is 740. The standard InChI is InChI=1S/C15H12ClN3/c1-10-3-2-4-14(17-10)19-15-8-5-11-9-12(16)6-7-13(11)18-15/h2-9H,1H3,(H,17,18,19). The lowest BCUT2D eigenvalue weighted by atomic mass is 10.2. The third-order valence-electron chi connectivity index (χ3n) is 2.80. The number of fused-ring (bicyclic) bond motifs is 1. The molecule has 3 nitrogen and oxygen atoms in total. The van der Waals surface area contributed by atoms with Gasteiger partial charge < -0.3 is 5.32 Å². The van der Waals surface area contributed by atoms with Gasteiger partial charge in [0.25, 0.3) is 0 Å². The lowest BCUT2D eigenvalue weighted by Gasteiger charge is -2.06. The Morgan fingerprint density at radius 1 is 0.947 bits per heavy atom. The Kier molecular flexibility index (Phi) is 3.05. The molecule has 3 rings (SSSR count). The van der Waals surface area contributed by atoms with Crippen LogP contribution in [0.2, 0.25) is 5.02 Å². The summed E-state index contributed by atoms with van der Waals surface area (Å²) in [6.45, 7) is 1.96. The van der Waals surface area contributed by atoms with E-state index in [1.54, 1.807) is 0 Å². The third kappa shape index (κ3) is 2.66. The van der Waals surface area contributed by atoms with Crippen LogP contribution < -0.4 is 5.32 Å². The molecule has 0 aliphatic heterocycles. The Labute approximate surface area is 116 Å². The zero-order valence-corrected chi connectivity index (χ0v) is 11.1. The molecule has 0 spiro atoms. The largest absolute Gasteiger partial charge is 0.325 e. The first kappa shape index (κ1) is 11.9. The first-order valence-electron chi connectivity index (χ1n) is 5.98. The number of hydrogen-bond donors (Lipinski definition) is 1. The first-order chi connectivity index (χ1) is 9.20.